The van der Waals surface area contributed by atoms with Crippen molar-refractivity contribution in [3.05, 3.63) is 146 Å². The van der Waals surface area contributed by atoms with Crippen molar-refractivity contribution in [3.63, 3.8) is 0 Å². The number of aliphatic hydroxyl groups is 2. The predicted molar refractivity (Wildman–Crippen MR) is 436 cm³/mol. The molecule has 0 saturated carbocycles. The molecule has 0 spiro atoms. The van der Waals surface area contributed by atoms with E-state index in [9.17, 15) is 43.5 Å². The fraction of sp³-hybridized carbons (Fsp3) is 0.690. The first-order valence-electron chi connectivity index (χ1n) is 41.1. The zero-order valence-electron chi connectivity index (χ0n) is 65.9. The highest BCUT2D eigenvalue weighted by atomic mass is 31.2. The molecule has 105 heavy (non-hydrogen) atoms. The van der Waals surface area contributed by atoms with E-state index in [1.165, 1.54) is 109 Å². The molecule has 0 heterocycles. The van der Waals surface area contributed by atoms with E-state index in [-0.39, 0.29) is 19.3 Å². The zero-order chi connectivity index (χ0) is 76.6. The Bertz CT molecular complexity index is 2490. The quantitative estimate of drug-likeness (QED) is 0.0146. The molecule has 5 atom stereocenters. The van der Waals surface area contributed by atoms with E-state index in [4.69, 9.17) is 32.3 Å². The summed E-state index contributed by atoms with van der Waals surface area (Å²) in [6.45, 7) is 2.44. The largest absolute Gasteiger partial charge is 0.472 e. The van der Waals surface area contributed by atoms with Gasteiger partial charge < -0.3 is 34.2 Å². The molecule has 602 valence electrons. The van der Waals surface area contributed by atoms with Crippen LogP contribution in [0.5, 0.6) is 0 Å². The minimum Gasteiger partial charge on any atom is -0.463 e. The van der Waals surface area contributed by atoms with Crippen LogP contribution in [-0.2, 0) is 55.8 Å². The predicted octanol–water partition coefficient (Wildman–Crippen LogP) is 24.4. The minimum absolute atomic E-state index is 0.0814. The van der Waals surface area contributed by atoms with Gasteiger partial charge in [-0.2, -0.15) is 0 Å². The second kappa shape index (κ2) is 79.0. The van der Waals surface area contributed by atoms with Gasteiger partial charge in [0.25, 0.3) is 0 Å². The van der Waals surface area contributed by atoms with Crippen molar-refractivity contribution in [2.75, 3.05) is 39.6 Å². The third kappa shape index (κ3) is 80.3. The summed E-state index contributed by atoms with van der Waals surface area (Å²) in [4.78, 5) is 58.6. The summed E-state index contributed by atoms with van der Waals surface area (Å²) in [6.07, 6.45) is 97.7. The molecule has 0 bridgehead atoms. The highest BCUT2D eigenvalue weighted by molar-refractivity contribution is 7.47. The molecule has 16 nitrogen and oxygen atoms in total. The van der Waals surface area contributed by atoms with E-state index < -0.39 is 91.5 Å². The number of aliphatic hydroxyl groups excluding tert-OH is 2. The first kappa shape index (κ1) is 100. The van der Waals surface area contributed by atoms with Gasteiger partial charge in [0.2, 0.25) is 0 Å². The first-order chi connectivity index (χ1) is 51.2. The van der Waals surface area contributed by atoms with E-state index in [0.717, 1.165) is 161 Å². The number of esters is 3. The molecule has 0 aromatic heterocycles. The summed E-state index contributed by atoms with van der Waals surface area (Å²) >= 11 is 0. The monoisotopic (exact) mass is 1510 g/mol. The summed E-state index contributed by atoms with van der Waals surface area (Å²) in [6, 6.07) is 0. The van der Waals surface area contributed by atoms with Crippen LogP contribution in [0.2, 0.25) is 0 Å². The van der Waals surface area contributed by atoms with Crippen LogP contribution in [0.4, 0.5) is 0 Å². The fourth-order valence-electron chi connectivity index (χ4n) is 10.8. The van der Waals surface area contributed by atoms with E-state index in [1.807, 2.05) is 0 Å². The van der Waals surface area contributed by atoms with Gasteiger partial charge in [0.1, 0.15) is 25.4 Å². The lowest BCUT2D eigenvalue weighted by Crippen LogP contribution is -2.30. The molecule has 0 aromatic rings. The number of carbonyl (C=O) groups excluding carboxylic acids is 3. The molecule has 0 aliphatic carbocycles. The summed E-state index contributed by atoms with van der Waals surface area (Å²) in [5, 5.41) is 20.6. The van der Waals surface area contributed by atoms with E-state index >= 15 is 0 Å². The zero-order valence-corrected chi connectivity index (χ0v) is 67.6. The Kier molecular flexibility index (Phi) is 75.6. The highest BCUT2D eigenvalue weighted by Crippen LogP contribution is 2.45. The van der Waals surface area contributed by atoms with Crippen molar-refractivity contribution in [2.45, 2.75) is 347 Å². The normalized spacial score (nSPS) is 14.7. The topological polar surface area (TPSA) is 231 Å². The second-order valence-electron chi connectivity index (χ2n) is 27.2. The number of allylic oxidation sites excluding steroid dienone is 24. The van der Waals surface area contributed by atoms with Crippen molar-refractivity contribution in [1.29, 1.82) is 0 Å². The number of phosphoric acid groups is 2. The van der Waals surface area contributed by atoms with Crippen molar-refractivity contribution < 1.29 is 75.8 Å². The maximum atomic E-state index is 12.9. The van der Waals surface area contributed by atoms with Crippen LogP contribution in [0.15, 0.2) is 146 Å². The molecule has 0 aliphatic rings. The van der Waals surface area contributed by atoms with Gasteiger partial charge in [-0.25, -0.2) is 9.13 Å². The average molecular weight is 1510 g/mol. The number of rotatable bonds is 77. The van der Waals surface area contributed by atoms with E-state index in [2.05, 4.69) is 167 Å². The van der Waals surface area contributed by atoms with Crippen LogP contribution in [0, 0.1) is 0 Å². The van der Waals surface area contributed by atoms with Crippen molar-refractivity contribution in [2.24, 2.45) is 0 Å². The fourth-order valence-corrected chi connectivity index (χ4v) is 12.4. The number of carbonyl (C=O) groups is 3. The van der Waals surface area contributed by atoms with Gasteiger partial charge in [0.05, 0.1) is 26.4 Å². The number of hydrogen-bond acceptors (Lipinski definition) is 14. The van der Waals surface area contributed by atoms with Crippen LogP contribution >= 0.6 is 15.6 Å². The average Bonchev–Trinajstić information content (AvgIpc) is 1.03. The summed E-state index contributed by atoms with van der Waals surface area (Å²) in [7, 11) is -9.80. The van der Waals surface area contributed by atoms with Gasteiger partial charge >= 0.3 is 33.6 Å². The number of unbranched alkanes of at least 4 members (excludes halogenated alkanes) is 30. The van der Waals surface area contributed by atoms with Crippen molar-refractivity contribution >= 4 is 33.6 Å². The maximum Gasteiger partial charge on any atom is 0.472 e. The smallest absolute Gasteiger partial charge is 0.463 e. The molecule has 18 heteroatoms. The molecule has 0 aromatic carbocycles. The van der Waals surface area contributed by atoms with Crippen molar-refractivity contribution in [1.82, 2.24) is 0 Å². The molecule has 0 radical (unpaired) electrons. The Hall–Kier alpha value is -4.57. The molecule has 5 unspecified atom stereocenters. The van der Waals surface area contributed by atoms with Gasteiger partial charge in [-0.15, -0.1) is 0 Å². The Balaban J connectivity index is 4.41. The first-order valence-corrected chi connectivity index (χ1v) is 44.1. The second-order valence-corrected chi connectivity index (χ2v) is 30.1. The SMILES string of the molecule is CC/C=C\C/C=C\C/C=C\C/C=C\C/C=C\C/C=C\CCCCCCCCCCCCCCCCCCC(=O)OCC(O)COP(=O)(O)OCC(O)COP(=O)(O)OCC(COC(=O)CCCCCCC/C=C\C/C=C\C/C=C\C/C=C\CCCCC)OC(=O)CCCCCCC/C=C\C/C=C\CCC. The van der Waals surface area contributed by atoms with Gasteiger partial charge in [-0.1, -0.05) is 314 Å². The highest BCUT2D eigenvalue weighted by Gasteiger charge is 2.29. The van der Waals surface area contributed by atoms with Gasteiger partial charge in [0, 0.05) is 19.3 Å². The Morgan fingerprint density at radius 3 is 0.838 bits per heavy atom. The molecule has 4 N–H and O–H groups in total. The van der Waals surface area contributed by atoms with Crippen LogP contribution < -0.4 is 0 Å². The standard InChI is InChI=1S/C87H148O16P2/c1-4-7-10-13-16-19-22-25-27-29-31-33-34-35-36-37-38-39-40-41-42-43-44-45-46-48-50-51-53-56-58-61-64-67-70-73-85(90)97-76-82(88)77-99-104(93,94)100-78-83(89)79-101-105(95,96)102-81-84(103-87(92)75-72-69-66-63-60-55-24-21-18-15-12-9-6-3)80-98-86(91)74-71-68-65-62-59-57-54-52-49-47-32-30-28-26-23-20-17-14-11-8-5-2/h7,10,12,15-17,19-21,24-28,31-33,35-36,38-39,47,52,54,82-84,88-89H,4-6,8-9,11,13-14,18,22-23,29-30,34,37,40-46,48-51,53,55-81H2,1-3H3,(H,93,94)(H,95,96)/b10-7-,15-12-,19-16-,20-17-,24-21-,27-25-,28-26-,33-31-,36-35-,39-38-,47-32-,54-52-. The molecular weight excluding hydrogens is 1360 g/mol. The van der Waals surface area contributed by atoms with Crippen LogP contribution in [0.1, 0.15) is 329 Å². The molecule has 0 amide bonds. The van der Waals surface area contributed by atoms with Crippen LogP contribution in [-0.4, -0.2) is 95.9 Å². The third-order valence-corrected chi connectivity index (χ3v) is 18.9. The lowest BCUT2D eigenvalue weighted by molar-refractivity contribution is -0.161. The van der Waals surface area contributed by atoms with Gasteiger partial charge in [-0.3, -0.25) is 32.5 Å². The third-order valence-electron chi connectivity index (χ3n) is 17.0. The lowest BCUT2D eigenvalue weighted by atomic mass is 10.0. The molecule has 0 rings (SSSR count). The summed E-state index contributed by atoms with van der Waals surface area (Å²) in [5.74, 6) is -1.61. The van der Waals surface area contributed by atoms with Gasteiger partial charge in [0.15, 0.2) is 6.10 Å². The Morgan fingerprint density at radius 1 is 0.276 bits per heavy atom. The number of ether oxygens (including phenoxy) is 3. The maximum absolute atomic E-state index is 12.9. The van der Waals surface area contributed by atoms with Gasteiger partial charge in [-0.05, 0) is 141 Å². The van der Waals surface area contributed by atoms with Crippen LogP contribution in [0.25, 0.3) is 0 Å². The molecule has 0 aliphatic heterocycles. The number of phosphoric ester groups is 2. The lowest BCUT2D eigenvalue weighted by Gasteiger charge is -2.21. The van der Waals surface area contributed by atoms with E-state index in [1.54, 1.807) is 0 Å². The Morgan fingerprint density at radius 2 is 0.524 bits per heavy atom. The Labute approximate surface area is 638 Å². The molecule has 0 fully saturated rings. The summed E-state index contributed by atoms with van der Waals surface area (Å²) < 4.78 is 61.1. The van der Waals surface area contributed by atoms with E-state index in [0.29, 0.717) is 19.3 Å². The summed E-state index contributed by atoms with van der Waals surface area (Å²) in [5.41, 5.74) is 0. The van der Waals surface area contributed by atoms with Crippen LogP contribution in [0.3, 0.4) is 0 Å². The minimum atomic E-state index is -4.94. The molecule has 0 saturated heterocycles. The number of hydrogen-bond donors (Lipinski definition) is 4. The van der Waals surface area contributed by atoms with Crippen molar-refractivity contribution in [3.8, 4) is 0 Å². The molecular formula is C87H148O16P2.